The Hall–Kier alpha value is -3.16. The van der Waals surface area contributed by atoms with E-state index in [1.165, 1.54) is 25.7 Å². The van der Waals surface area contributed by atoms with E-state index < -0.39 is 11.9 Å². The largest absolute Gasteiger partial charge is 0.481 e. The van der Waals surface area contributed by atoms with Crippen LogP contribution < -0.4 is 5.32 Å². The molecule has 0 radical (unpaired) electrons. The molecule has 2 aromatic rings. The van der Waals surface area contributed by atoms with Gasteiger partial charge in [0.15, 0.2) is 0 Å². The quantitative estimate of drug-likeness (QED) is 0.250. The predicted molar refractivity (Wildman–Crippen MR) is 195 cm³/mol. The normalized spacial score (nSPS) is 42.3. The topological polar surface area (TPSA) is 121 Å². The summed E-state index contributed by atoms with van der Waals surface area (Å²) in [5, 5.41) is 12.8. The van der Waals surface area contributed by atoms with Crippen molar-refractivity contribution in [1.29, 1.82) is 0 Å². The van der Waals surface area contributed by atoms with Crippen LogP contribution in [0.1, 0.15) is 117 Å². The number of esters is 1. The fraction of sp³-hybridized carbons (Fsp3) is 0.721. The molecule has 1 aromatic carbocycles. The highest BCUT2D eigenvalue weighted by Crippen LogP contribution is 2.73. The first-order valence-electron chi connectivity index (χ1n) is 20.1. The highest BCUT2D eigenvalue weighted by molar-refractivity contribution is 5.83. The van der Waals surface area contributed by atoms with Gasteiger partial charge in [0.2, 0.25) is 5.91 Å². The minimum atomic E-state index is -0.803. The van der Waals surface area contributed by atoms with Crippen LogP contribution in [0.5, 0.6) is 0 Å². The second-order valence-corrected chi connectivity index (χ2v) is 18.9. The molecule has 12 unspecified atom stereocenters. The molecular formula is C43H59N3O5. The molecule has 6 aliphatic carbocycles. The Labute approximate surface area is 303 Å². The van der Waals surface area contributed by atoms with Gasteiger partial charge in [-0.15, -0.1) is 0 Å². The number of H-pyrrole nitrogens is 1. The summed E-state index contributed by atoms with van der Waals surface area (Å²) in [6, 6.07) is 10.2. The molecular weight excluding hydrogens is 638 g/mol. The number of hydrogen-bond donors (Lipinski definition) is 3. The number of imidazole rings is 1. The fourth-order valence-electron chi connectivity index (χ4n) is 14.0. The lowest BCUT2D eigenvalue weighted by Gasteiger charge is -2.69. The Bertz CT molecular complexity index is 1670. The highest BCUT2D eigenvalue weighted by Gasteiger charge is 2.67. The third kappa shape index (κ3) is 5.34. The smallest absolute Gasteiger partial charge is 0.309 e. The van der Waals surface area contributed by atoms with Crippen molar-refractivity contribution in [2.24, 2.45) is 69.0 Å². The van der Waals surface area contributed by atoms with Gasteiger partial charge in [-0.25, -0.2) is 4.98 Å². The summed E-state index contributed by atoms with van der Waals surface area (Å²) < 4.78 is 6.32. The van der Waals surface area contributed by atoms with Crippen molar-refractivity contribution in [2.45, 2.75) is 124 Å². The minimum Gasteiger partial charge on any atom is -0.481 e. The van der Waals surface area contributed by atoms with Crippen molar-refractivity contribution in [3.8, 4) is 11.3 Å². The van der Waals surface area contributed by atoms with E-state index in [0.717, 1.165) is 62.0 Å². The molecule has 1 amide bonds. The number of aromatic amines is 1. The Kier molecular flexibility index (Phi) is 8.53. The number of carbonyl (C=O) groups is 3. The zero-order valence-corrected chi connectivity index (χ0v) is 31.4. The maximum Gasteiger partial charge on any atom is 0.309 e. The SMILES string of the molecule is CC1C(C(=O)O)CC1C(=O)OC1CCC2(C)C(CCC3(C)C4CCC5(C(=O)NCc6ncc(-c7ccccc7)[nH]6)CCCC5C4CCC32)C1(C)C. The van der Waals surface area contributed by atoms with Crippen LogP contribution in [0.4, 0.5) is 0 Å². The third-order valence-electron chi connectivity index (χ3n) is 16.7. The number of amides is 1. The lowest BCUT2D eigenvalue weighted by Crippen LogP contribution is -2.64. The van der Waals surface area contributed by atoms with E-state index in [0.29, 0.717) is 42.6 Å². The number of carboxylic acid groups (broad SMARTS) is 1. The number of nitrogens with one attached hydrogen (secondary N) is 2. The first kappa shape index (κ1) is 34.9. The number of hydrogen-bond acceptors (Lipinski definition) is 5. The van der Waals surface area contributed by atoms with Crippen molar-refractivity contribution in [1.82, 2.24) is 15.3 Å². The van der Waals surface area contributed by atoms with Gasteiger partial charge in [0, 0.05) is 5.41 Å². The van der Waals surface area contributed by atoms with Gasteiger partial charge in [-0.1, -0.05) is 71.4 Å². The Morgan fingerprint density at radius 3 is 2.39 bits per heavy atom. The van der Waals surface area contributed by atoms with Crippen molar-refractivity contribution in [2.75, 3.05) is 0 Å². The molecule has 1 heterocycles. The molecule has 8 heteroatoms. The predicted octanol–water partition coefficient (Wildman–Crippen LogP) is 8.43. The van der Waals surface area contributed by atoms with Crippen LogP contribution in [-0.2, 0) is 25.7 Å². The van der Waals surface area contributed by atoms with Gasteiger partial charge in [-0.2, -0.15) is 0 Å². The van der Waals surface area contributed by atoms with Crippen molar-refractivity contribution in [3.05, 3.63) is 42.4 Å². The number of carboxylic acids is 1. The first-order valence-corrected chi connectivity index (χ1v) is 20.1. The van der Waals surface area contributed by atoms with Gasteiger partial charge >= 0.3 is 11.9 Å². The standard InChI is InChI=1S/C43H59N3O5/c1-25-28(37(47)48)22-29(25)38(49)51-35-17-20-42(5)33(40(35,2)3)16-19-41(4)30-15-21-43(18-9-12-31(43)27(30)13-14-34(41)42)39(50)45-24-36-44-23-32(46-36)26-10-7-6-8-11-26/h6-8,10-11,23,25,27-31,33-35H,9,12-22,24H2,1-5H3,(H,44,46)(H,45,50)(H,47,48). The molecule has 0 spiro atoms. The Morgan fingerprint density at radius 2 is 1.65 bits per heavy atom. The summed E-state index contributed by atoms with van der Waals surface area (Å²) >= 11 is 0. The Balaban J connectivity index is 0.942. The van der Waals surface area contributed by atoms with Crippen LogP contribution in [0.15, 0.2) is 36.5 Å². The van der Waals surface area contributed by atoms with Crippen molar-refractivity contribution < 1.29 is 24.2 Å². The molecule has 3 N–H and O–H groups in total. The van der Waals surface area contributed by atoms with Crippen LogP contribution >= 0.6 is 0 Å². The van der Waals surface area contributed by atoms with Crippen LogP contribution in [0.2, 0.25) is 0 Å². The number of aromatic nitrogens is 2. The maximum atomic E-state index is 14.2. The zero-order chi connectivity index (χ0) is 35.9. The van der Waals surface area contributed by atoms with E-state index in [4.69, 9.17) is 4.74 Å². The average Bonchev–Trinajstić information content (AvgIpc) is 3.76. The summed E-state index contributed by atoms with van der Waals surface area (Å²) in [6.07, 6.45) is 14.3. The molecule has 0 aliphatic heterocycles. The summed E-state index contributed by atoms with van der Waals surface area (Å²) in [5.74, 6) is 1.97. The van der Waals surface area contributed by atoms with Gasteiger partial charge < -0.3 is 20.1 Å². The summed E-state index contributed by atoms with van der Waals surface area (Å²) in [4.78, 5) is 47.1. The lowest BCUT2D eigenvalue weighted by molar-refractivity contribution is -0.224. The van der Waals surface area contributed by atoms with Crippen LogP contribution in [0.25, 0.3) is 11.3 Å². The minimum absolute atomic E-state index is 0.127. The lowest BCUT2D eigenvalue weighted by atomic mass is 9.36. The van der Waals surface area contributed by atoms with Gasteiger partial charge in [0.05, 0.1) is 35.7 Å². The molecule has 276 valence electrons. The van der Waals surface area contributed by atoms with Crippen LogP contribution in [0, 0.1) is 69.0 Å². The number of fused-ring (bicyclic) bond motifs is 7. The molecule has 0 bridgehead atoms. The first-order chi connectivity index (χ1) is 24.3. The fourth-order valence-corrected chi connectivity index (χ4v) is 14.0. The molecule has 1 aromatic heterocycles. The molecule has 51 heavy (non-hydrogen) atoms. The number of benzene rings is 1. The molecule has 12 atom stereocenters. The van der Waals surface area contributed by atoms with Gasteiger partial charge in [-0.3, -0.25) is 14.4 Å². The highest BCUT2D eigenvalue weighted by atomic mass is 16.5. The van der Waals surface area contributed by atoms with Crippen LogP contribution in [0.3, 0.4) is 0 Å². The van der Waals surface area contributed by atoms with E-state index >= 15 is 0 Å². The monoisotopic (exact) mass is 697 g/mol. The second kappa shape index (κ2) is 12.5. The maximum absolute atomic E-state index is 14.2. The average molecular weight is 698 g/mol. The molecule has 6 aliphatic rings. The van der Waals surface area contributed by atoms with Crippen LogP contribution in [-0.4, -0.2) is 39.0 Å². The summed E-state index contributed by atoms with van der Waals surface area (Å²) in [7, 11) is 0. The third-order valence-corrected chi connectivity index (χ3v) is 16.7. The zero-order valence-electron chi connectivity index (χ0n) is 31.4. The van der Waals surface area contributed by atoms with Gasteiger partial charge in [0.1, 0.15) is 11.9 Å². The molecule has 8 nitrogen and oxygen atoms in total. The molecule has 8 rings (SSSR count). The second-order valence-electron chi connectivity index (χ2n) is 18.9. The van der Waals surface area contributed by atoms with Gasteiger partial charge in [-0.05, 0) is 123 Å². The van der Waals surface area contributed by atoms with Gasteiger partial charge in [0.25, 0.3) is 0 Å². The summed E-state index contributed by atoms with van der Waals surface area (Å²) in [5.41, 5.74) is 2.12. The van der Waals surface area contributed by atoms with Crippen molar-refractivity contribution in [3.63, 3.8) is 0 Å². The molecule has 0 saturated heterocycles. The van der Waals surface area contributed by atoms with E-state index in [9.17, 15) is 19.5 Å². The van der Waals surface area contributed by atoms with E-state index in [1.807, 2.05) is 31.3 Å². The van der Waals surface area contributed by atoms with E-state index in [1.54, 1.807) is 0 Å². The summed E-state index contributed by atoms with van der Waals surface area (Å²) in [6.45, 7) is 12.2. The number of carbonyl (C=O) groups excluding carboxylic acids is 2. The number of ether oxygens (including phenoxy) is 1. The number of aliphatic carboxylic acids is 1. The molecule has 6 saturated carbocycles. The molecule has 6 fully saturated rings. The van der Waals surface area contributed by atoms with E-state index in [-0.39, 0.29) is 51.5 Å². The van der Waals surface area contributed by atoms with Crippen molar-refractivity contribution >= 4 is 17.8 Å². The van der Waals surface area contributed by atoms with E-state index in [2.05, 4.69) is 55.1 Å². The Morgan fingerprint density at radius 1 is 0.882 bits per heavy atom. The number of rotatable bonds is 7. The number of nitrogens with zero attached hydrogens (tertiary/aromatic N) is 1.